The Hall–Kier alpha value is -3.52. The second-order valence-electron chi connectivity index (χ2n) is 6.23. The van der Waals surface area contributed by atoms with E-state index in [1.165, 1.54) is 0 Å². The van der Waals surface area contributed by atoms with Crippen molar-refractivity contribution in [3.8, 4) is 28.7 Å². The molecule has 0 unspecified atom stereocenters. The molecular formula is C23H22N2O3. The quantitative estimate of drug-likeness (QED) is 0.563. The van der Waals surface area contributed by atoms with Crippen LogP contribution in [0, 0.1) is 11.3 Å². The molecule has 28 heavy (non-hydrogen) atoms. The van der Waals surface area contributed by atoms with Gasteiger partial charge in [0.05, 0.1) is 12.2 Å². The summed E-state index contributed by atoms with van der Waals surface area (Å²) in [4.78, 5) is 12.6. The number of nitriles is 1. The van der Waals surface area contributed by atoms with Crippen molar-refractivity contribution in [1.29, 1.82) is 5.26 Å². The number of rotatable bonds is 6. The topological polar surface area (TPSA) is 64.2 Å². The maximum absolute atomic E-state index is 12.6. The van der Waals surface area contributed by atoms with Gasteiger partial charge in [-0.15, -0.1) is 0 Å². The van der Waals surface area contributed by atoms with Gasteiger partial charge in [-0.25, -0.2) is 4.79 Å². The molecule has 0 amide bonds. The molecule has 5 nitrogen and oxygen atoms in total. The molecule has 0 atom stereocenters. The molecule has 5 heteroatoms. The lowest BCUT2D eigenvalue weighted by atomic mass is 10.00. The molecule has 1 aromatic heterocycles. The molecular weight excluding hydrogens is 352 g/mol. The lowest BCUT2D eigenvalue weighted by Crippen LogP contribution is -2.12. The van der Waals surface area contributed by atoms with E-state index < -0.39 is 5.97 Å². The standard InChI is InChI=1S/C23H22N2O3/c1-4-20-19(15-24)21(22(25(20)3)23(26)27-5-2)16-11-13-18(14-12-16)28-17-9-7-6-8-10-17/h6-14H,4-5H2,1-3H3. The zero-order valence-corrected chi connectivity index (χ0v) is 16.2. The number of carbonyl (C=O) groups is 1. The first-order valence-electron chi connectivity index (χ1n) is 9.22. The Morgan fingerprint density at radius 1 is 1.04 bits per heavy atom. The molecule has 0 N–H and O–H groups in total. The maximum atomic E-state index is 12.6. The van der Waals surface area contributed by atoms with E-state index in [0.29, 0.717) is 29.0 Å². The van der Waals surface area contributed by atoms with Gasteiger partial charge in [0, 0.05) is 18.3 Å². The van der Waals surface area contributed by atoms with Gasteiger partial charge >= 0.3 is 5.97 Å². The molecule has 0 aliphatic carbocycles. The summed E-state index contributed by atoms with van der Waals surface area (Å²) in [5, 5.41) is 9.75. The van der Waals surface area contributed by atoms with Crippen molar-refractivity contribution in [2.75, 3.05) is 6.61 Å². The minimum atomic E-state index is -0.430. The van der Waals surface area contributed by atoms with E-state index in [2.05, 4.69) is 6.07 Å². The van der Waals surface area contributed by atoms with Crippen LogP contribution in [0.15, 0.2) is 54.6 Å². The summed E-state index contributed by atoms with van der Waals surface area (Å²) >= 11 is 0. The van der Waals surface area contributed by atoms with Crippen molar-refractivity contribution in [2.24, 2.45) is 7.05 Å². The van der Waals surface area contributed by atoms with E-state index in [9.17, 15) is 10.1 Å². The van der Waals surface area contributed by atoms with Crippen LogP contribution in [-0.4, -0.2) is 17.1 Å². The van der Waals surface area contributed by atoms with Gasteiger partial charge in [0.2, 0.25) is 0 Å². The number of carbonyl (C=O) groups excluding carboxylic acids is 1. The van der Waals surface area contributed by atoms with Gasteiger partial charge in [-0.3, -0.25) is 0 Å². The Balaban J connectivity index is 2.05. The first-order valence-corrected chi connectivity index (χ1v) is 9.22. The summed E-state index contributed by atoms with van der Waals surface area (Å²) in [6, 6.07) is 19.1. The van der Waals surface area contributed by atoms with Gasteiger partial charge in [0.25, 0.3) is 0 Å². The summed E-state index contributed by atoms with van der Waals surface area (Å²) in [5.74, 6) is 0.992. The fourth-order valence-corrected chi connectivity index (χ4v) is 3.30. The molecule has 3 rings (SSSR count). The smallest absolute Gasteiger partial charge is 0.355 e. The fraction of sp³-hybridized carbons (Fsp3) is 0.217. The summed E-state index contributed by atoms with van der Waals surface area (Å²) < 4.78 is 12.8. The Bertz CT molecular complexity index is 1010. The van der Waals surface area contributed by atoms with Gasteiger partial charge in [0.15, 0.2) is 0 Å². The SMILES string of the molecule is CCOC(=O)c1c(-c2ccc(Oc3ccccc3)cc2)c(C#N)c(CC)n1C. The highest BCUT2D eigenvalue weighted by Crippen LogP contribution is 2.34. The first-order chi connectivity index (χ1) is 13.6. The Morgan fingerprint density at radius 3 is 2.25 bits per heavy atom. The van der Waals surface area contributed by atoms with E-state index in [1.807, 2.05) is 61.5 Å². The van der Waals surface area contributed by atoms with E-state index in [4.69, 9.17) is 9.47 Å². The molecule has 142 valence electrons. The Labute approximate surface area is 164 Å². The van der Waals surface area contributed by atoms with Crippen LogP contribution in [0.1, 0.15) is 35.6 Å². The number of esters is 1. The van der Waals surface area contributed by atoms with E-state index in [0.717, 1.165) is 17.0 Å². The average Bonchev–Trinajstić information content (AvgIpc) is 3.01. The predicted molar refractivity (Wildman–Crippen MR) is 107 cm³/mol. The van der Waals surface area contributed by atoms with Crippen molar-refractivity contribution < 1.29 is 14.3 Å². The van der Waals surface area contributed by atoms with E-state index >= 15 is 0 Å². The highest BCUT2D eigenvalue weighted by atomic mass is 16.5. The second-order valence-corrected chi connectivity index (χ2v) is 6.23. The van der Waals surface area contributed by atoms with Crippen LogP contribution in [0.3, 0.4) is 0 Å². The third-order valence-electron chi connectivity index (χ3n) is 4.55. The molecule has 0 aliphatic rings. The van der Waals surface area contributed by atoms with Crippen LogP contribution in [0.5, 0.6) is 11.5 Å². The summed E-state index contributed by atoms with van der Waals surface area (Å²) in [6.45, 7) is 4.00. The first kappa shape index (κ1) is 19.2. The highest BCUT2D eigenvalue weighted by Gasteiger charge is 2.26. The van der Waals surface area contributed by atoms with E-state index in [-0.39, 0.29) is 6.61 Å². The average molecular weight is 374 g/mol. The number of nitrogens with zero attached hydrogens (tertiary/aromatic N) is 2. The van der Waals surface area contributed by atoms with E-state index in [1.54, 1.807) is 18.5 Å². The lowest BCUT2D eigenvalue weighted by Gasteiger charge is -2.09. The third-order valence-corrected chi connectivity index (χ3v) is 4.55. The molecule has 1 heterocycles. The van der Waals surface area contributed by atoms with Crippen LogP contribution < -0.4 is 4.74 Å². The van der Waals surface area contributed by atoms with Crippen LogP contribution in [0.25, 0.3) is 11.1 Å². The van der Waals surface area contributed by atoms with Gasteiger partial charge in [-0.05, 0) is 43.2 Å². The zero-order valence-electron chi connectivity index (χ0n) is 16.2. The van der Waals surface area contributed by atoms with Crippen molar-refractivity contribution >= 4 is 5.97 Å². The normalized spacial score (nSPS) is 10.4. The van der Waals surface area contributed by atoms with Crippen molar-refractivity contribution in [2.45, 2.75) is 20.3 Å². The monoisotopic (exact) mass is 374 g/mol. The molecule has 0 aliphatic heterocycles. The number of para-hydroxylation sites is 1. The van der Waals surface area contributed by atoms with Gasteiger partial charge in [0.1, 0.15) is 23.3 Å². The molecule has 2 aromatic carbocycles. The predicted octanol–water partition coefficient (Wildman–Crippen LogP) is 5.10. The van der Waals surface area contributed by atoms with Gasteiger partial charge in [-0.1, -0.05) is 37.3 Å². The summed E-state index contributed by atoms with van der Waals surface area (Å²) in [7, 11) is 1.79. The number of hydrogen-bond acceptors (Lipinski definition) is 4. The molecule has 0 spiro atoms. The summed E-state index contributed by atoms with van der Waals surface area (Å²) in [5.41, 5.74) is 3.09. The van der Waals surface area contributed by atoms with Crippen molar-refractivity contribution in [3.63, 3.8) is 0 Å². The van der Waals surface area contributed by atoms with Crippen LogP contribution in [0.2, 0.25) is 0 Å². The number of hydrogen-bond donors (Lipinski definition) is 0. The molecule has 3 aromatic rings. The lowest BCUT2D eigenvalue weighted by molar-refractivity contribution is 0.0516. The third kappa shape index (κ3) is 3.63. The van der Waals surface area contributed by atoms with Crippen LogP contribution in [-0.2, 0) is 18.2 Å². The van der Waals surface area contributed by atoms with Gasteiger partial charge < -0.3 is 14.0 Å². The number of ether oxygens (including phenoxy) is 2. The molecule has 0 fully saturated rings. The van der Waals surface area contributed by atoms with Crippen LogP contribution in [0.4, 0.5) is 0 Å². The minimum Gasteiger partial charge on any atom is -0.461 e. The molecule has 0 saturated carbocycles. The maximum Gasteiger partial charge on any atom is 0.355 e. The van der Waals surface area contributed by atoms with Crippen molar-refractivity contribution in [1.82, 2.24) is 4.57 Å². The largest absolute Gasteiger partial charge is 0.461 e. The second kappa shape index (κ2) is 8.45. The molecule has 0 saturated heterocycles. The Kier molecular flexibility index (Phi) is 5.81. The number of benzene rings is 2. The highest BCUT2D eigenvalue weighted by molar-refractivity contribution is 5.98. The number of aromatic nitrogens is 1. The van der Waals surface area contributed by atoms with Crippen LogP contribution >= 0.6 is 0 Å². The Morgan fingerprint density at radius 2 is 1.68 bits per heavy atom. The fourth-order valence-electron chi connectivity index (χ4n) is 3.30. The molecule has 0 bridgehead atoms. The zero-order chi connectivity index (χ0) is 20.1. The molecule has 0 radical (unpaired) electrons. The minimum absolute atomic E-state index is 0.274. The van der Waals surface area contributed by atoms with Gasteiger partial charge in [-0.2, -0.15) is 5.26 Å². The van der Waals surface area contributed by atoms with Crippen molar-refractivity contribution in [3.05, 3.63) is 71.5 Å². The summed E-state index contributed by atoms with van der Waals surface area (Å²) in [6.07, 6.45) is 0.640.